The second kappa shape index (κ2) is 5.59. The van der Waals surface area contributed by atoms with Gasteiger partial charge in [0, 0.05) is 29.1 Å². The summed E-state index contributed by atoms with van der Waals surface area (Å²) >= 11 is 1.61. The van der Waals surface area contributed by atoms with Crippen LogP contribution in [0.2, 0.25) is 0 Å². The number of nitrogens with two attached hydrogens (primary N) is 1. The van der Waals surface area contributed by atoms with Gasteiger partial charge in [-0.15, -0.1) is 11.3 Å². The van der Waals surface area contributed by atoms with Crippen molar-refractivity contribution in [3.05, 3.63) is 52.8 Å². The van der Waals surface area contributed by atoms with Gasteiger partial charge in [0.1, 0.15) is 0 Å². The van der Waals surface area contributed by atoms with E-state index in [1.54, 1.807) is 11.3 Å². The van der Waals surface area contributed by atoms with Crippen LogP contribution in [0.5, 0.6) is 0 Å². The van der Waals surface area contributed by atoms with Gasteiger partial charge in [0.25, 0.3) is 0 Å². The van der Waals surface area contributed by atoms with E-state index in [-0.39, 0.29) is 0 Å². The first-order chi connectivity index (χ1) is 9.78. The zero-order valence-corrected chi connectivity index (χ0v) is 12.3. The lowest BCUT2D eigenvalue weighted by atomic mass is 10.0. The minimum absolute atomic E-state index is 0.672. The largest absolute Gasteiger partial charge is 0.375 e. The Morgan fingerprint density at radius 3 is 3.00 bits per heavy atom. The molecule has 0 amide bonds. The SMILES string of the molecule is CCCc1nc(N)sc1Cc1cccc2cnccc12. The number of thiazole rings is 1. The quantitative estimate of drug-likeness (QED) is 0.792. The topological polar surface area (TPSA) is 51.8 Å². The van der Waals surface area contributed by atoms with E-state index in [0.29, 0.717) is 5.13 Å². The van der Waals surface area contributed by atoms with E-state index in [2.05, 4.69) is 41.2 Å². The average molecular weight is 283 g/mol. The summed E-state index contributed by atoms with van der Waals surface area (Å²) in [6.45, 7) is 2.17. The van der Waals surface area contributed by atoms with Crippen LogP contribution in [0.1, 0.15) is 29.5 Å². The maximum Gasteiger partial charge on any atom is 0.180 e. The summed E-state index contributed by atoms with van der Waals surface area (Å²) in [5, 5.41) is 3.11. The number of aryl methyl sites for hydroxylation is 1. The molecule has 0 saturated heterocycles. The summed E-state index contributed by atoms with van der Waals surface area (Å²) < 4.78 is 0. The molecule has 0 aliphatic heterocycles. The summed E-state index contributed by atoms with van der Waals surface area (Å²) in [5.74, 6) is 0. The first kappa shape index (κ1) is 13.1. The molecule has 0 radical (unpaired) electrons. The molecular weight excluding hydrogens is 266 g/mol. The first-order valence-corrected chi connectivity index (χ1v) is 7.65. The number of aromatic nitrogens is 2. The van der Waals surface area contributed by atoms with Gasteiger partial charge in [-0.1, -0.05) is 31.5 Å². The fourth-order valence-electron chi connectivity index (χ4n) is 2.49. The van der Waals surface area contributed by atoms with E-state index in [1.165, 1.54) is 21.2 Å². The van der Waals surface area contributed by atoms with Crippen LogP contribution in [0.3, 0.4) is 0 Å². The highest BCUT2D eigenvalue weighted by Crippen LogP contribution is 2.27. The molecule has 0 unspecified atom stereocenters. The summed E-state index contributed by atoms with van der Waals surface area (Å²) in [5.41, 5.74) is 8.34. The van der Waals surface area contributed by atoms with E-state index in [9.17, 15) is 0 Å². The monoisotopic (exact) mass is 283 g/mol. The molecule has 0 fully saturated rings. The van der Waals surface area contributed by atoms with Crippen molar-refractivity contribution in [1.82, 2.24) is 9.97 Å². The molecule has 4 heteroatoms. The van der Waals surface area contributed by atoms with E-state index in [4.69, 9.17) is 5.73 Å². The van der Waals surface area contributed by atoms with Crippen LogP contribution in [-0.4, -0.2) is 9.97 Å². The summed E-state index contributed by atoms with van der Waals surface area (Å²) in [7, 11) is 0. The number of rotatable bonds is 4. The lowest BCUT2D eigenvalue weighted by molar-refractivity contribution is 0.880. The molecule has 0 aliphatic carbocycles. The van der Waals surface area contributed by atoms with Gasteiger partial charge in [-0.25, -0.2) is 4.98 Å². The first-order valence-electron chi connectivity index (χ1n) is 6.83. The molecule has 102 valence electrons. The molecule has 3 nitrogen and oxygen atoms in total. The molecular formula is C16H17N3S. The van der Waals surface area contributed by atoms with E-state index < -0.39 is 0 Å². The molecule has 0 atom stereocenters. The normalized spacial score (nSPS) is 11.1. The molecule has 20 heavy (non-hydrogen) atoms. The molecule has 0 aliphatic rings. The number of pyridine rings is 1. The molecule has 0 bridgehead atoms. The number of benzene rings is 1. The van der Waals surface area contributed by atoms with E-state index in [1.807, 2.05) is 12.4 Å². The highest BCUT2D eigenvalue weighted by atomic mass is 32.1. The van der Waals surface area contributed by atoms with Gasteiger partial charge in [0.2, 0.25) is 0 Å². The van der Waals surface area contributed by atoms with Gasteiger partial charge in [-0.05, 0) is 23.4 Å². The van der Waals surface area contributed by atoms with Gasteiger partial charge in [0.05, 0.1) is 5.69 Å². The van der Waals surface area contributed by atoms with E-state index in [0.717, 1.165) is 25.0 Å². The number of nitrogen functional groups attached to an aromatic ring is 1. The predicted octanol–water partition coefficient (Wildman–Crippen LogP) is 3.82. The van der Waals surface area contributed by atoms with Crippen molar-refractivity contribution in [3.63, 3.8) is 0 Å². The Morgan fingerprint density at radius 2 is 2.15 bits per heavy atom. The Labute approximate surface area is 122 Å². The second-order valence-corrected chi connectivity index (χ2v) is 5.98. The molecule has 3 aromatic rings. The third-order valence-corrected chi connectivity index (χ3v) is 4.33. The summed E-state index contributed by atoms with van der Waals surface area (Å²) in [6, 6.07) is 8.44. The van der Waals surface area contributed by atoms with Crippen LogP contribution >= 0.6 is 11.3 Å². The van der Waals surface area contributed by atoms with Crippen LogP contribution in [0.15, 0.2) is 36.7 Å². The molecule has 2 N–H and O–H groups in total. The minimum atomic E-state index is 0.672. The molecule has 0 spiro atoms. The maximum absolute atomic E-state index is 5.87. The van der Waals surface area contributed by atoms with Crippen molar-refractivity contribution in [3.8, 4) is 0 Å². The predicted molar refractivity (Wildman–Crippen MR) is 85.1 cm³/mol. The van der Waals surface area contributed by atoms with Gasteiger partial charge in [-0.2, -0.15) is 0 Å². The van der Waals surface area contributed by atoms with Crippen LogP contribution in [0.4, 0.5) is 5.13 Å². The van der Waals surface area contributed by atoms with Crippen molar-refractivity contribution in [2.45, 2.75) is 26.2 Å². The second-order valence-electron chi connectivity index (χ2n) is 4.86. The van der Waals surface area contributed by atoms with E-state index >= 15 is 0 Å². The zero-order chi connectivity index (χ0) is 13.9. The highest BCUT2D eigenvalue weighted by Gasteiger charge is 2.11. The lowest BCUT2D eigenvalue weighted by Gasteiger charge is -2.06. The summed E-state index contributed by atoms with van der Waals surface area (Å²) in [6.07, 6.45) is 6.74. The average Bonchev–Trinajstić information content (AvgIpc) is 2.80. The molecule has 0 saturated carbocycles. The zero-order valence-electron chi connectivity index (χ0n) is 11.5. The highest BCUT2D eigenvalue weighted by molar-refractivity contribution is 7.15. The van der Waals surface area contributed by atoms with Gasteiger partial charge < -0.3 is 5.73 Å². The number of hydrogen-bond acceptors (Lipinski definition) is 4. The van der Waals surface area contributed by atoms with Crippen LogP contribution < -0.4 is 5.73 Å². The Balaban J connectivity index is 2.01. The standard InChI is InChI=1S/C16H17N3S/c1-2-4-14-15(20-16(17)19-14)9-11-5-3-6-12-10-18-8-7-13(11)12/h3,5-8,10H,2,4,9H2,1H3,(H2,17,19). The van der Waals surface area contributed by atoms with Crippen molar-refractivity contribution in [2.75, 3.05) is 5.73 Å². The lowest BCUT2D eigenvalue weighted by Crippen LogP contribution is -1.94. The Morgan fingerprint density at radius 1 is 1.25 bits per heavy atom. The van der Waals surface area contributed by atoms with Gasteiger partial charge in [0.15, 0.2) is 5.13 Å². The number of hydrogen-bond donors (Lipinski definition) is 1. The number of nitrogens with zero attached hydrogens (tertiary/aromatic N) is 2. The van der Waals surface area contributed by atoms with Gasteiger partial charge >= 0.3 is 0 Å². The van der Waals surface area contributed by atoms with Crippen molar-refractivity contribution in [2.24, 2.45) is 0 Å². The minimum Gasteiger partial charge on any atom is -0.375 e. The Hall–Kier alpha value is -1.94. The van der Waals surface area contributed by atoms with Gasteiger partial charge in [-0.3, -0.25) is 4.98 Å². The van der Waals surface area contributed by atoms with Crippen LogP contribution in [0, 0.1) is 0 Å². The molecule has 3 rings (SSSR count). The molecule has 2 aromatic heterocycles. The third kappa shape index (κ3) is 2.51. The Kier molecular flexibility index (Phi) is 3.65. The summed E-state index contributed by atoms with van der Waals surface area (Å²) in [4.78, 5) is 9.93. The smallest absolute Gasteiger partial charge is 0.180 e. The van der Waals surface area contributed by atoms with Crippen LogP contribution in [-0.2, 0) is 12.8 Å². The fraction of sp³-hybridized carbons (Fsp3) is 0.250. The maximum atomic E-state index is 5.87. The van der Waals surface area contributed by atoms with Crippen molar-refractivity contribution >= 4 is 27.2 Å². The van der Waals surface area contributed by atoms with Crippen LogP contribution in [0.25, 0.3) is 10.8 Å². The fourth-order valence-corrected chi connectivity index (χ4v) is 3.39. The molecule has 2 heterocycles. The van der Waals surface area contributed by atoms with Crippen molar-refractivity contribution in [1.29, 1.82) is 0 Å². The Bertz CT molecular complexity index is 728. The third-order valence-electron chi connectivity index (χ3n) is 3.40. The number of anilines is 1. The molecule has 1 aromatic carbocycles. The number of fused-ring (bicyclic) bond motifs is 1. The van der Waals surface area contributed by atoms with Crippen molar-refractivity contribution < 1.29 is 0 Å².